The summed E-state index contributed by atoms with van der Waals surface area (Å²) >= 11 is 0. The summed E-state index contributed by atoms with van der Waals surface area (Å²) in [5, 5.41) is 9.25. The Morgan fingerprint density at radius 3 is 2.61 bits per heavy atom. The van der Waals surface area contributed by atoms with E-state index >= 15 is 0 Å². The van der Waals surface area contributed by atoms with E-state index in [1.165, 1.54) is 5.56 Å². The van der Waals surface area contributed by atoms with Gasteiger partial charge < -0.3 is 4.90 Å². The zero-order valence-electron chi connectivity index (χ0n) is 11.6. The minimum absolute atomic E-state index is 0.0297. The van der Waals surface area contributed by atoms with Crippen molar-refractivity contribution in [3.8, 4) is 6.07 Å². The van der Waals surface area contributed by atoms with Gasteiger partial charge in [-0.3, -0.25) is 0 Å². The fourth-order valence-corrected chi connectivity index (χ4v) is 3.33. The van der Waals surface area contributed by atoms with E-state index in [4.69, 9.17) is 0 Å². The molecule has 0 unspecified atom stereocenters. The molecular weight excluding hydrogens is 220 g/mol. The smallest absolute Gasteiger partial charge is 0.0631 e. The molecule has 0 N–H and O–H groups in total. The second kappa shape index (κ2) is 5.12. The highest BCUT2D eigenvalue weighted by molar-refractivity contribution is 5.29. The van der Waals surface area contributed by atoms with Crippen LogP contribution in [-0.2, 0) is 5.41 Å². The lowest BCUT2D eigenvalue weighted by Gasteiger charge is -2.48. The van der Waals surface area contributed by atoms with Crippen LogP contribution in [-0.4, -0.2) is 24.5 Å². The standard InChI is InChI=1S/C16H22N2/c1-13-12-18(3)14(2)11-16(13,9-10-17)15-7-5-4-6-8-15/h4-8,13-14H,9,11-12H2,1-3H3/t13-,14-,16-/m0/s1. The molecule has 1 aromatic rings. The van der Waals surface area contributed by atoms with Gasteiger partial charge >= 0.3 is 0 Å². The van der Waals surface area contributed by atoms with E-state index in [1.54, 1.807) is 0 Å². The number of rotatable bonds is 2. The number of piperidine rings is 1. The number of nitrogens with zero attached hydrogens (tertiary/aromatic N) is 2. The summed E-state index contributed by atoms with van der Waals surface area (Å²) in [5.74, 6) is 0.515. The first kappa shape index (κ1) is 13.1. The van der Waals surface area contributed by atoms with Crippen molar-refractivity contribution in [1.82, 2.24) is 4.90 Å². The number of nitriles is 1. The molecule has 1 aliphatic rings. The summed E-state index contributed by atoms with van der Waals surface area (Å²) in [6, 6.07) is 13.6. The molecule has 0 saturated carbocycles. The molecule has 0 amide bonds. The van der Waals surface area contributed by atoms with Gasteiger partial charge in [0.15, 0.2) is 0 Å². The number of benzene rings is 1. The van der Waals surface area contributed by atoms with E-state index in [0.29, 0.717) is 18.4 Å². The molecule has 2 heteroatoms. The monoisotopic (exact) mass is 242 g/mol. The fraction of sp³-hybridized carbons (Fsp3) is 0.562. The Bertz CT molecular complexity index is 434. The van der Waals surface area contributed by atoms with Crippen LogP contribution in [0.2, 0.25) is 0 Å². The minimum Gasteiger partial charge on any atom is -0.303 e. The predicted molar refractivity (Wildman–Crippen MR) is 74.2 cm³/mol. The van der Waals surface area contributed by atoms with Gasteiger partial charge in [0.25, 0.3) is 0 Å². The lowest BCUT2D eigenvalue weighted by Crippen LogP contribution is -2.51. The molecule has 2 nitrogen and oxygen atoms in total. The van der Waals surface area contributed by atoms with Gasteiger partial charge in [0, 0.05) is 24.4 Å². The van der Waals surface area contributed by atoms with Crippen molar-refractivity contribution in [1.29, 1.82) is 5.26 Å². The Hall–Kier alpha value is -1.33. The molecule has 1 aromatic carbocycles. The van der Waals surface area contributed by atoms with Crippen molar-refractivity contribution in [2.75, 3.05) is 13.6 Å². The molecular formula is C16H22N2. The average Bonchev–Trinajstić information content (AvgIpc) is 2.37. The van der Waals surface area contributed by atoms with Crippen molar-refractivity contribution in [2.45, 2.75) is 38.1 Å². The highest BCUT2D eigenvalue weighted by Crippen LogP contribution is 2.44. The molecule has 0 bridgehead atoms. The lowest BCUT2D eigenvalue weighted by molar-refractivity contribution is 0.0770. The van der Waals surface area contributed by atoms with Crippen LogP contribution in [0.3, 0.4) is 0 Å². The fourth-order valence-electron chi connectivity index (χ4n) is 3.33. The third-order valence-corrected chi connectivity index (χ3v) is 4.66. The van der Waals surface area contributed by atoms with Crippen LogP contribution in [0.15, 0.2) is 30.3 Å². The van der Waals surface area contributed by atoms with Crippen LogP contribution >= 0.6 is 0 Å². The van der Waals surface area contributed by atoms with Crippen LogP contribution in [0.25, 0.3) is 0 Å². The van der Waals surface area contributed by atoms with Crippen molar-refractivity contribution in [3.63, 3.8) is 0 Å². The number of likely N-dealkylation sites (tertiary alicyclic amines) is 1. The van der Waals surface area contributed by atoms with Crippen LogP contribution < -0.4 is 0 Å². The zero-order valence-corrected chi connectivity index (χ0v) is 11.6. The highest BCUT2D eigenvalue weighted by Gasteiger charge is 2.43. The Balaban J connectivity index is 2.41. The molecule has 0 radical (unpaired) electrons. The van der Waals surface area contributed by atoms with Gasteiger partial charge in [-0.1, -0.05) is 37.3 Å². The van der Waals surface area contributed by atoms with E-state index in [1.807, 2.05) is 6.07 Å². The summed E-state index contributed by atoms with van der Waals surface area (Å²) in [5.41, 5.74) is 1.36. The van der Waals surface area contributed by atoms with Gasteiger partial charge in [-0.2, -0.15) is 5.26 Å². The molecule has 18 heavy (non-hydrogen) atoms. The Labute approximate surface area is 110 Å². The SMILES string of the molecule is C[C@H]1C[C@](CC#N)(c2ccccc2)[C@@H](C)CN1C. The number of hydrogen-bond donors (Lipinski definition) is 0. The van der Waals surface area contributed by atoms with E-state index < -0.39 is 0 Å². The van der Waals surface area contributed by atoms with E-state index in [9.17, 15) is 5.26 Å². The molecule has 1 fully saturated rings. The third kappa shape index (κ3) is 2.15. The lowest BCUT2D eigenvalue weighted by atomic mass is 9.63. The molecule has 3 atom stereocenters. The molecule has 96 valence electrons. The summed E-state index contributed by atoms with van der Waals surface area (Å²) in [6.07, 6.45) is 1.69. The molecule has 1 saturated heterocycles. The molecule has 1 heterocycles. The summed E-state index contributed by atoms with van der Waals surface area (Å²) in [6.45, 7) is 5.62. The largest absolute Gasteiger partial charge is 0.303 e. The normalized spacial score (nSPS) is 33.0. The van der Waals surface area contributed by atoms with Crippen LogP contribution in [0, 0.1) is 17.2 Å². The van der Waals surface area contributed by atoms with Gasteiger partial charge in [0.1, 0.15) is 0 Å². The van der Waals surface area contributed by atoms with Gasteiger partial charge in [0.2, 0.25) is 0 Å². The van der Waals surface area contributed by atoms with Crippen LogP contribution in [0.4, 0.5) is 0 Å². The van der Waals surface area contributed by atoms with Gasteiger partial charge in [0.05, 0.1) is 6.07 Å². The first-order valence-corrected chi connectivity index (χ1v) is 6.73. The second-order valence-corrected chi connectivity index (χ2v) is 5.75. The van der Waals surface area contributed by atoms with Crippen molar-refractivity contribution in [2.24, 2.45) is 5.92 Å². The summed E-state index contributed by atoms with van der Waals surface area (Å²) in [4.78, 5) is 2.41. The predicted octanol–water partition coefficient (Wildman–Crippen LogP) is 3.20. The van der Waals surface area contributed by atoms with Gasteiger partial charge in [-0.25, -0.2) is 0 Å². The van der Waals surface area contributed by atoms with Crippen molar-refractivity contribution < 1.29 is 0 Å². The summed E-state index contributed by atoms with van der Waals surface area (Å²) < 4.78 is 0. The summed E-state index contributed by atoms with van der Waals surface area (Å²) in [7, 11) is 2.18. The molecule has 1 aliphatic heterocycles. The first-order valence-electron chi connectivity index (χ1n) is 6.73. The first-order chi connectivity index (χ1) is 8.60. The van der Waals surface area contributed by atoms with Gasteiger partial charge in [-0.05, 0) is 31.9 Å². The maximum Gasteiger partial charge on any atom is 0.0631 e. The Morgan fingerprint density at radius 2 is 2.00 bits per heavy atom. The van der Waals surface area contributed by atoms with Crippen LogP contribution in [0.1, 0.15) is 32.3 Å². The third-order valence-electron chi connectivity index (χ3n) is 4.66. The van der Waals surface area contributed by atoms with Crippen molar-refractivity contribution >= 4 is 0 Å². The Morgan fingerprint density at radius 1 is 1.33 bits per heavy atom. The van der Waals surface area contributed by atoms with Crippen LogP contribution in [0.5, 0.6) is 0 Å². The van der Waals surface area contributed by atoms with E-state index in [0.717, 1.165) is 13.0 Å². The Kier molecular flexibility index (Phi) is 3.73. The minimum atomic E-state index is 0.0297. The van der Waals surface area contributed by atoms with Crippen molar-refractivity contribution in [3.05, 3.63) is 35.9 Å². The molecule has 2 rings (SSSR count). The molecule has 0 aromatic heterocycles. The topological polar surface area (TPSA) is 27.0 Å². The highest BCUT2D eigenvalue weighted by atomic mass is 15.1. The number of hydrogen-bond acceptors (Lipinski definition) is 2. The molecule has 0 spiro atoms. The molecule has 0 aliphatic carbocycles. The van der Waals surface area contributed by atoms with E-state index in [2.05, 4.69) is 56.1 Å². The van der Waals surface area contributed by atoms with Gasteiger partial charge in [-0.15, -0.1) is 0 Å². The maximum absolute atomic E-state index is 9.25. The zero-order chi connectivity index (χ0) is 13.2. The average molecular weight is 242 g/mol. The maximum atomic E-state index is 9.25. The quantitative estimate of drug-likeness (QED) is 0.796. The van der Waals surface area contributed by atoms with E-state index in [-0.39, 0.29) is 5.41 Å². The second-order valence-electron chi connectivity index (χ2n) is 5.75.